The van der Waals surface area contributed by atoms with Crippen molar-refractivity contribution in [3.63, 3.8) is 0 Å². The average molecular weight is 146 g/mol. The molecule has 0 bridgehead atoms. The Kier molecular flexibility index (Phi) is 1.80. The van der Waals surface area contributed by atoms with Gasteiger partial charge in [0.2, 0.25) is 0 Å². The summed E-state index contributed by atoms with van der Waals surface area (Å²) in [6.07, 6.45) is 4.05. The van der Waals surface area contributed by atoms with Crippen LogP contribution in [0.15, 0.2) is 24.3 Å². The highest BCUT2D eigenvalue weighted by molar-refractivity contribution is 5.43. The summed E-state index contributed by atoms with van der Waals surface area (Å²) in [5.74, 6) is 0. The third-order valence-corrected chi connectivity index (χ3v) is 2.19. The van der Waals surface area contributed by atoms with Crippen molar-refractivity contribution in [1.29, 1.82) is 0 Å². The Bertz CT molecular complexity index is 214. The van der Waals surface area contributed by atoms with Crippen LogP contribution in [0.5, 0.6) is 0 Å². The van der Waals surface area contributed by atoms with E-state index in [9.17, 15) is 0 Å². The van der Waals surface area contributed by atoms with Crippen LogP contribution in [-0.2, 0) is 0 Å². The molecule has 1 fully saturated rings. The van der Waals surface area contributed by atoms with Gasteiger partial charge in [0.05, 0.1) is 0 Å². The van der Waals surface area contributed by atoms with Crippen molar-refractivity contribution in [3.05, 3.63) is 30.3 Å². The van der Waals surface area contributed by atoms with E-state index < -0.39 is 0 Å². The Hall–Kier alpha value is -0.980. The van der Waals surface area contributed by atoms with E-state index in [0.29, 0.717) is 0 Å². The molecule has 1 N–H and O–H groups in total. The van der Waals surface area contributed by atoms with Gasteiger partial charge < -0.3 is 5.32 Å². The van der Waals surface area contributed by atoms with Crippen LogP contribution in [0.3, 0.4) is 0 Å². The third kappa shape index (κ3) is 1.53. The van der Waals surface area contributed by atoms with Crippen LogP contribution in [0, 0.1) is 6.07 Å². The van der Waals surface area contributed by atoms with Gasteiger partial charge in [0, 0.05) is 11.7 Å². The van der Waals surface area contributed by atoms with Crippen molar-refractivity contribution in [2.45, 2.75) is 25.3 Å². The van der Waals surface area contributed by atoms with E-state index in [4.69, 9.17) is 0 Å². The van der Waals surface area contributed by atoms with E-state index in [-0.39, 0.29) is 0 Å². The number of nitrogens with one attached hydrogen (secondary N) is 1. The van der Waals surface area contributed by atoms with Gasteiger partial charge in [-0.05, 0) is 37.5 Å². The van der Waals surface area contributed by atoms with Crippen LogP contribution in [0.4, 0.5) is 5.69 Å². The number of rotatable bonds is 2. The van der Waals surface area contributed by atoms with Crippen LogP contribution in [0.25, 0.3) is 0 Å². The van der Waals surface area contributed by atoms with Crippen molar-refractivity contribution >= 4 is 5.69 Å². The number of anilines is 1. The molecule has 1 aromatic rings. The summed E-state index contributed by atoms with van der Waals surface area (Å²) >= 11 is 0. The largest absolute Gasteiger partial charge is 0.382 e. The fourth-order valence-electron chi connectivity index (χ4n) is 1.27. The minimum Gasteiger partial charge on any atom is -0.382 e. The molecule has 2 rings (SSSR count). The van der Waals surface area contributed by atoms with Crippen LogP contribution >= 0.6 is 0 Å². The molecule has 0 unspecified atom stereocenters. The molecule has 0 saturated heterocycles. The lowest BCUT2D eigenvalue weighted by Gasteiger charge is -2.27. The van der Waals surface area contributed by atoms with Crippen LogP contribution < -0.4 is 5.32 Å². The molecule has 1 radical (unpaired) electrons. The Morgan fingerprint density at radius 2 is 2.00 bits per heavy atom. The van der Waals surface area contributed by atoms with Crippen molar-refractivity contribution < 1.29 is 0 Å². The molecule has 1 nitrogen and oxygen atoms in total. The van der Waals surface area contributed by atoms with E-state index in [1.165, 1.54) is 24.9 Å². The first-order chi connectivity index (χ1) is 5.45. The zero-order valence-corrected chi connectivity index (χ0v) is 6.51. The highest BCUT2D eigenvalue weighted by Gasteiger charge is 2.15. The predicted molar refractivity (Wildman–Crippen MR) is 46.5 cm³/mol. The fourth-order valence-corrected chi connectivity index (χ4v) is 1.27. The lowest BCUT2D eigenvalue weighted by molar-refractivity contribution is 0.445. The van der Waals surface area contributed by atoms with Crippen molar-refractivity contribution in [1.82, 2.24) is 0 Å². The van der Waals surface area contributed by atoms with Crippen molar-refractivity contribution in [2.75, 3.05) is 5.32 Å². The summed E-state index contributed by atoms with van der Waals surface area (Å²) in [5.41, 5.74) is 1.23. The second-order valence-electron chi connectivity index (χ2n) is 3.06. The third-order valence-electron chi connectivity index (χ3n) is 2.19. The van der Waals surface area contributed by atoms with Gasteiger partial charge >= 0.3 is 0 Å². The monoisotopic (exact) mass is 146 g/mol. The minimum absolute atomic E-state index is 0.734. The minimum atomic E-state index is 0.734. The molecule has 0 spiro atoms. The summed E-state index contributed by atoms with van der Waals surface area (Å²) in [7, 11) is 0. The molecule has 57 valence electrons. The summed E-state index contributed by atoms with van der Waals surface area (Å²) < 4.78 is 0. The predicted octanol–water partition coefficient (Wildman–Crippen LogP) is 2.45. The molecular weight excluding hydrogens is 134 g/mol. The van der Waals surface area contributed by atoms with Gasteiger partial charge in [-0.3, -0.25) is 0 Å². The van der Waals surface area contributed by atoms with Crippen molar-refractivity contribution in [3.8, 4) is 0 Å². The van der Waals surface area contributed by atoms with Crippen LogP contribution in [0.1, 0.15) is 19.3 Å². The zero-order valence-electron chi connectivity index (χ0n) is 6.51. The lowest BCUT2D eigenvalue weighted by Crippen LogP contribution is -2.26. The Morgan fingerprint density at radius 3 is 2.55 bits per heavy atom. The average Bonchev–Trinajstić information content (AvgIpc) is 1.99. The van der Waals surface area contributed by atoms with Gasteiger partial charge in [0.25, 0.3) is 0 Å². The van der Waals surface area contributed by atoms with Gasteiger partial charge in [-0.15, -0.1) is 0 Å². The van der Waals surface area contributed by atoms with Crippen LogP contribution in [-0.4, -0.2) is 6.04 Å². The SMILES string of the molecule is [c]1ccc(NC2CCC2)cc1. The maximum Gasteiger partial charge on any atom is 0.0342 e. The normalized spacial score (nSPS) is 17.5. The number of hydrogen-bond acceptors (Lipinski definition) is 1. The molecule has 0 aliphatic heterocycles. The molecule has 0 heterocycles. The van der Waals surface area contributed by atoms with Crippen molar-refractivity contribution in [2.24, 2.45) is 0 Å². The Balaban J connectivity index is 1.95. The van der Waals surface area contributed by atoms with E-state index in [0.717, 1.165) is 6.04 Å². The first kappa shape index (κ1) is 6.71. The highest BCUT2D eigenvalue weighted by atomic mass is 14.9. The molecule has 0 atom stereocenters. The second kappa shape index (κ2) is 2.95. The van der Waals surface area contributed by atoms with Gasteiger partial charge in [-0.25, -0.2) is 0 Å². The van der Waals surface area contributed by atoms with Gasteiger partial charge in [-0.1, -0.05) is 12.1 Å². The zero-order chi connectivity index (χ0) is 7.52. The van der Waals surface area contributed by atoms with E-state index in [1.54, 1.807) is 0 Å². The van der Waals surface area contributed by atoms with Gasteiger partial charge in [0.15, 0.2) is 0 Å². The Morgan fingerprint density at radius 1 is 1.27 bits per heavy atom. The lowest BCUT2D eigenvalue weighted by atomic mass is 9.93. The molecule has 1 aliphatic rings. The van der Waals surface area contributed by atoms with Gasteiger partial charge in [0.1, 0.15) is 0 Å². The summed E-state index contributed by atoms with van der Waals surface area (Å²) in [4.78, 5) is 0. The highest BCUT2D eigenvalue weighted by Crippen LogP contribution is 2.22. The maximum atomic E-state index is 3.46. The molecule has 1 aliphatic carbocycles. The van der Waals surface area contributed by atoms with Gasteiger partial charge in [-0.2, -0.15) is 0 Å². The molecular formula is C10H12N. The molecule has 11 heavy (non-hydrogen) atoms. The molecule has 1 aromatic carbocycles. The van der Waals surface area contributed by atoms with E-state index in [1.807, 2.05) is 12.1 Å². The first-order valence-corrected chi connectivity index (χ1v) is 4.18. The smallest absolute Gasteiger partial charge is 0.0342 e. The number of benzene rings is 1. The molecule has 1 saturated carbocycles. The quantitative estimate of drug-likeness (QED) is 0.675. The molecule has 1 heteroatoms. The maximum absolute atomic E-state index is 3.46. The second-order valence-corrected chi connectivity index (χ2v) is 3.06. The first-order valence-electron chi connectivity index (χ1n) is 4.18. The standard InChI is InChI=1S/C10H12N/c1-2-5-9(6-3-1)11-10-7-4-8-10/h2-3,5-6,10-11H,4,7-8H2. The fraction of sp³-hybridized carbons (Fsp3) is 0.400. The summed E-state index contributed by atoms with van der Waals surface area (Å²) in [5, 5.41) is 3.46. The number of hydrogen-bond donors (Lipinski definition) is 1. The van der Waals surface area contributed by atoms with Crippen LogP contribution in [0.2, 0.25) is 0 Å². The van der Waals surface area contributed by atoms with E-state index in [2.05, 4.69) is 23.5 Å². The summed E-state index contributed by atoms with van der Waals surface area (Å²) in [6.45, 7) is 0. The van der Waals surface area contributed by atoms with E-state index >= 15 is 0 Å². The topological polar surface area (TPSA) is 12.0 Å². The molecule has 0 aromatic heterocycles. The Labute approximate surface area is 67.4 Å². The molecule has 0 amide bonds. The summed E-state index contributed by atoms with van der Waals surface area (Å²) in [6, 6.07) is 11.8.